The molecule has 2 aromatic carbocycles. The van der Waals surface area contributed by atoms with Crippen molar-refractivity contribution < 1.29 is 14.3 Å². The van der Waals surface area contributed by atoms with E-state index in [1.165, 1.54) is 5.56 Å². The van der Waals surface area contributed by atoms with Gasteiger partial charge >= 0.3 is 0 Å². The molecular weight excluding hydrogens is 342 g/mol. The fourth-order valence-electron chi connectivity index (χ4n) is 3.02. The number of carbonyl (C=O) groups excluding carboxylic acids is 1. The third kappa shape index (κ3) is 5.14. The van der Waals surface area contributed by atoms with Crippen LogP contribution in [0.3, 0.4) is 0 Å². The molecule has 144 valence electrons. The molecule has 0 spiro atoms. The number of benzene rings is 2. The van der Waals surface area contributed by atoms with Crippen LogP contribution in [-0.4, -0.2) is 38.8 Å². The zero-order chi connectivity index (χ0) is 19.2. The van der Waals surface area contributed by atoms with Gasteiger partial charge in [-0.05, 0) is 41.8 Å². The van der Waals surface area contributed by atoms with Gasteiger partial charge in [0, 0.05) is 18.8 Å². The first-order chi connectivity index (χ1) is 13.0. The van der Waals surface area contributed by atoms with Gasteiger partial charge < -0.3 is 25.4 Å². The van der Waals surface area contributed by atoms with E-state index < -0.39 is 0 Å². The van der Waals surface area contributed by atoms with Crippen molar-refractivity contribution >= 4 is 23.0 Å². The number of nitrogens with two attached hydrogens (primary N) is 1. The lowest BCUT2D eigenvalue weighted by Gasteiger charge is -2.30. The summed E-state index contributed by atoms with van der Waals surface area (Å²) in [5.41, 5.74) is 9.67. The van der Waals surface area contributed by atoms with Crippen molar-refractivity contribution in [3.8, 4) is 5.75 Å². The molecule has 0 aromatic heterocycles. The van der Waals surface area contributed by atoms with E-state index in [0.717, 1.165) is 18.8 Å². The van der Waals surface area contributed by atoms with Gasteiger partial charge in [0.1, 0.15) is 5.75 Å². The second-order valence-electron chi connectivity index (χ2n) is 6.93. The van der Waals surface area contributed by atoms with Crippen LogP contribution in [0.1, 0.15) is 25.3 Å². The molecule has 2 aromatic rings. The Labute approximate surface area is 160 Å². The fourth-order valence-corrected chi connectivity index (χ4v) is 3.02. The van der Waals surface area contributed by atoms with Crippen LogP contribution in [0.15, 0.2) is 42.5 Å². The summed E-state index contributed by atoms with van der Waals surface area (Å²) in [7, 11) is 0. The first kappa shape index (κ1) is 19.0. The van der Waals surface area contributed by atoms with Crippen molar-refractivity contribution in [3.05, 3.63) is 48.0 Å². The number of rotatable bonds is 6. The Bertz CT molecular complexity index is 769. The number of anilines is 3. The Morgan fingerprint density at radius 3 is 2.52 bits per heavy atom. The molecule has 1 saturated heterocycles. The van der Waals surface area contributed by atoms with E-state index in [4.69, 9.17) is 15.2 Å². The van der Waals surface area contributed by atoms with E-state index in [1.54, 1.807) is 6.07 Å². The van der Waals surface area contributed by atoms with Crippen LogP contribution in [0.5, 0.6) is 5.75 Å². The third-order valence-corrected chi connectivity index (χ3v) is 4.58. The minimum absolute atomic E-state index is 0.0495. The average molecular weight is 369 g/mol. The molecule has 1 aliphatic heterocycles. The van der Waals surface area contributed by atoms with Gasteiger partial charge in [-0.1, -0.05) is 26.0 Å². The Morgan fingerprint density at radius 1 is 1.19 bits per heavy atom. The van der Waals surface area contributed by atoms with Crippen LogP contribution in [0.4, 0.5) is 17.1 Å². The number of amides is 1. The summed E-state index contributed by atoms with van der Waals surface area (Å²) in [4.78, 5) is 14.3. The molecule has 0 bridgehead atoms. The normalized spacial score (nSPS) is 14.3. The van der Waals surface area contributed by atoms with Gasteiger partial charge in [0.05, 0.1) is 24.6 Å². The van der Waals surface area contributed by atoms with Crippen LogP contribution in [0.25, 0.3) is 0 Å². The van der Waals surface area contributed by atoms with Gasteiger partial charge in [-0.15, -0.1) is 0 Å². The summed E-state index contributed by atoms with van der Waals surface area (Å²) in [5, 5.41) is 2.83. The smallest absolute Gasteiger partial charge is 0.262 e. The van der Waals surface area contributed by atoms with E-state index in [9.17, 15) is 4.79 Å². The Kier molecular flexibility index (Phi) is 6.19. The van der Waals surface area contributed by atoms with Gasteiger partial charge in [0.2, 0.25) is 0 Å². The molecule has 1 amide bonds. The van der Waals surface area contributed by atoms with Crippen molar-refractivity contribution in [1.29, 1.82) is 0 Å². The third-order valence-electron chi connectivity index (χ3n) is 4.58. The number of nitrogen functional groups attached to an aromatic ring is 1. The molecule has 6 nitrogen and oxygen atoms in total. The molecule has 0 saturated carbocycles. The Hall–Kier alpha value is -2.73. The molecule has 1 aliphatic rings. The highest BCUT2D eigenvalue weighted by Crippen LogP contribution is 2.27. The van der Waals surface area contributed by atoms with Gasteiger partial charge in [-0.25, -0.2) is 0 Å². The molecule has 27 heavy (non-hydrogen) atoms. The Morgan fingerprint density at radius 2 is 1.89 bits per heavy atom. The number of carbonyl (C=O) groups is 1. The van der Waals surface area contributed by atoms with E-state index in [1.807, 2.05) is 36.4 Å². The van der Waals surface area contributed by atoms with Crippen molar-refractivity contribution in [2.45, 2.75) is 19.8 Å². The maximum atomic E-state index is 12.2. The van der Waals surface area contributed by atoms with Crippen molar-refractivity contribution in [1.82, 2.24) is 0 Å². The molecule has 6 heteroatoms. The Balaban J connectivity index is 1.53. The van der Waals surface area contributed by atoms with Crippen LogP contribution in [-0.2, 0) is 9.53 Å². The minimum Gasteiger partial charge on any atom is -0.484 e. The molecule has 0 radical (unpaired) electrons. The summed E-state index contributed by atoms with van der Waals surface area (Å²) < 4.78 is 10.9. The van der Waals surface area contributed by atoms with Gasteiger partial charge in [0.25, 0.3) is 5.91 Å². The van der Waals surface area contributed by atoms with E-state index in [0.29, 0.717) is 36.3 Å². The van der Waals surface area contributed by atoms with Crippen molar-refractivity contribution in [3.63, 3.8) is 0 Å². The van der Waals surface area contributed by atoms with Gasteiger partial charge in [0.15, 0.2) is 6.61 Å². The molecule has 3 rings (SSSR count). The zero-order valence-corrected chi connectivity index (χ0v) is 15.9. The van der Waals surface area contributed by atoms with Crippen LogP contribution in [0, 0.1) is 0 Å². The number of hydrogen-bond acceptors (Lipinski definition) is 5. The minimum atomic E-state index is -0.221. The predicted octanol–water partition coefficient (Wildman–Crippen LogP) is 3.25. The highest BCUT2D eigenvalue weighted by atomic mass is 16.5. The molecular formula is C21H27N3O3. The van der Waals surface area contributed by atoms with Crippen LogP contribution < -0.4 is 20.7 Å². The first-order valence-corrected chi connectivity index (χ1v) is 9.28. The lowest BCUT2D eigenvalue weighted by atomic mass is 10.0. The molecule has 0 atom stereocenters. The fraction of sp³-hybridized carbons (Fsp3) is 0.381. The molecule has 1 fully saturated rings. The summed E-state index contributed by atoms with van der Waals surface area (Å²) >= 11 is 0. The maximum absolute atomic E-state index is 12.2. The summed E-state index contributed by atoms with van der Waals surface area (Å²) in [6.07, 6.45) is 0. The number of nitrogens with one attached hydrogen (secondary N) is 1. The number of nitrogens with zero attached hydrogens (tertiary/aromatic N) is 1. The standard InChI is InChI=1S/C21H27N3O3/c1-15(2)16-3-6-18(7-4-16)27-14-21(25)23-17-5-8-20(19(22)13-17)24-9-11-26-12-10-24/h3-8,13,15H,9-12,14,22H2,1-2H3,(H,23,25). The van der Waals surface area contributed by atoms with E-state index >= 15 is 0 Å². The highest BCUT2D eigenvalue weighted by molar-refractivity contribution is 5.93. The molecule has 1 heterocycles. The molecule has 0 aliphatic carbocycles. The van der Waals surface area contributed by atoms with E-state index in [-0.39, 0.29) is 12.5 Å². The molecule has 0 unspecified atom stereocenters. The van der Waals surface area contributed by atoms with Crippen LogP contribution in [0.2, 0.25) is 0 Å². The lowest BCUT2D eigenvalue weighted by Crippen LogP contribution is -2.36. The monoisotopic (exact) mass is 369 g/mol. The van der Waals surface area contributed by atoms with Crippen molar-refractivity contribution in [2.24, 2.45) is 0 Å². The molecule has 3 N–H and O–H groups in total. The second kappa shape index (κ2) is 8.77. The van der Waals surface area contributed by atoms with Crippen LogP contribution >= 0.6 is 0 Å². The van der Waals surface area contributed by atoms with Gasteiger partial charge in [-0.2, -0.15) is 0 Å². The largest absolute Gasteiger partial charge is 0.484 e. The van der Waals surface area contributed by atoms with Gasteiger partial charge in [-0.3, -0.25) is 4.79 Å². The average Bonchev–Trinajstić information content (AvgIpc) is 2.67. The van der Waals surface area contributed by atoms with E-state index in [2.05, 4.69) is 24.1 Å². The lowest BCUT2D eigenvalue weighted by molar-refractivity contribution is -0.118. The number of morpholine rings is 1. The first-order valence-electron chi connectivity index (χ1n) is 9.28. The summed E-state index contributed by atoms with van der Waals surface area (Å²) in [6, 6.07) is 13.4. The highest BCUT2D eigenvalue weighted by Gasteiger charge is 2.14. The topological polar surface area (TPSA) is 76.8 Å². The quantitative estimate of drug-likeness (QED) is 0.765. The second-order valence-corrected chi connectivity index (χ2v) is 6.93. The predicted molar refractivity (Wildman–Crippen MR) is 109 cm³/mol. The zero-order valence-electron chi connectivity index (χ0n) is 15.9. The number of ether oxygens (including phenoxy) is 2. The number of hydrogen-bond donors (Lipinski definition) is 2. The SMILES string of the molecule is CC(C)c1ccc(OCC(=O)Nc2ccc(N3CCOCC3)c(N)c2)cc1. The summed E-state index contributed by atoms with van der Waals surface area (Å²) in [5.74, 6) is 0.923. The summed E-state index contributed by atoms with van der Waals surface area (Å²) in [6.45, 7) is 7.27. The maximum Gasteiger partial charge on any atom is 0.262 e. The van der Waals surface area contributed by atoms with Crippen molar-refractivity contribution in [2.75, 3.05) is 48.9 Å².